The molecule has 7 heteroatoms. The summed E-state index contributed by atoms with van der Waals surface area (Å²) in [6.45, 7) is 4.05. The Labute approximate surface area is 116 Å². The van der Waals surface area contributed by atoms with Crippen molar-refractivity contribution in [3.8, 4) is 0 Å². The van der Waals surface area contributed by atoms with Crippen LogP contribution in [-0.2, 0) is 23.2 Å². The third-order valence-corrected chi connectivity index (χ3v) is 3.87. The fraction of sp³-hybridized carbons (Fsp3) is 0.583. The van der Waals surface area contributed by atoms with E-state index in [9.17, 15) is 9.59 Å². The highest BCUT2D eigenvalue weighted by Gasteiger charge is 2.34. The molecule has 1 aliphatic rings. The summed E-state index contributed by atoms with van der Waals surface area (Å²) in [6.07, 6.45) is 0.575. The molecule has 19 heavy (non-hydrogen) atoms. The molecule has 1 aliphatic heterocycles. The summed E-state index contributed by atoms with van der Waals surface area (Å²) in [4.78, 5) is 25.3. The SMILES string of the molecule is CCC1C(=O)NCC(=O)N1Cc1c(Cl)c(C)nn1C. The molecule has 2 amide bonds. The van der Waals surface area contributed by atoms with Crippen molar-refractivity contribution in [1.82, 2.24) is 20.0 Å². The van der Waals surface area contributed by atoms with Crippen LogP contribution in [0.1, 0.15) is 24.7 Å². The lowest BCUT2D eigenvalue weighted by Crippen LogP contribution is -2.57. The molecule has 1 fully saturated rings. The molecule has 0 aliphatic carbocycles. The average Bonchev–Trinajstić information content (AvgIpc) is 2.60. The minimum atomic E-state index is -0.437. The first-order chi connectivity index (χ1) is 8.95. The number of hydrogen-bond acceptors (Lipinski definition) is 3. The van der Waals surface area contributed by atoms with Crippen LogP contribution in [0.15, 0.2) is 0 Å². The molecule has 6 nitrogen and oxygen atoms in total. The summed E-state index contributed by atoms with van der Waals surface area (Å²) in [5.41, 5.74) is 1.47. The van der Waals surface area contributed by atoms with E-state index in [1.807, 2.05) is 13.8 Å². The minimum absolute atomic E-state index is 0.0454. The van der Waals surface area contributed by atoms with Gasteiger partial charge in [0, 0.05) is 7.05 Å². The highest BCUT2D eigenvalue weighted by molar-refractivity contribution is 6.31. The van der Waals surface area contributed by atoms with Gasteiger partial charge in [0.2, 0.25) is 11.8 Å². The molecule has 2 rings (SSSR count). The molecule has 2 heterocycles. The second-order valence-corrected chi connectivity index (χ2v) is 5.01. The minimum Gasteiger partial charge on any atom is -0.345 e. The largest absolute Gasteiger partial charge is 0.345 e. The van der Waals surface area contributed by atoms with Crippen LogP contribution in [0.2, 0.25) is 5.02 Å². The molecule has 1 aromatic heterocycles. The summed E-state index contributed by atoms with van der Waals surface area (Å²) >= 11 is 6.19. The number of aryl methyl sites for hydroxylation is 2. The van der Waals surface area contributed by atoms with Crippen molar-refractivity contribution in [2.45, 2.75) is 32.9 Å². The smallest absolute Gasteiger partial charge is 0.243 e. The first kappa shape index (κ1) is 13.9. The van der Waals surface area contributed by atoms with E-state index in [1.165, 1.54) is 0 Å². The van der Waals surface area contributed by atoms with Crippen molar-refractivity contribution in [2.75, 3.05) is 6.54 Å². The van der Waals surface area contributed by atoms with Gasteiger partial charge in [0.05, 0.1) is 29.5 Å². The number of aromatic nitrogens is 2. The van der Waals surface area contributed by atoms with E-state index >= 15 is 0 Å². The van der Waals surface area contributed by atoms with Crippen LogP contribution in [0.3, 0.4) is 0 Å². The maximum atomic E-state index is 12.0. The Morgan fingerprint density at radius 3 is 2.68 bits per heavy atom. The van der Waals surface area contributed by atoms with Gasteiger partial charge in [-0.3, -0.25) is 14.3 Å². The maximum absolute atomic E-state index is 12.0. The lowest BCUT2D eigenvalue weighted by Gasteiger charge is -2.34. The zero-order valence-electron chi connectivity index (χ0n) is 11.2. The Kier molecular flexibility index (Phi) is 3.80. The van der Waals surface area contributed by atoms with Crippen molar-refractivity contribution in [1.29, 1.82) is 0 Å². The van der Waals surface area contributed by atoms with Crippen LogP contribution in [-0.4, -0.2) is 39.1 Å². The van der Waals surface area contributed by atoms with Crippen LogP contribution in [0.4, 0.5) is 0 Å². The number of piperazine rings is 1. The van der Waals surface area contributed by atoms with E-state index in [1.54, 1.807) is 16.6 Å². The van der Waals surface area contributed by atoms with E-state index in [0.29, 0.717) is 18.0 Å². The summed E-state index contributed by atoms with van der Waals surface area (Å²) in [7, 11) is 1.78. The van der Waals surface area contributed by atoms with Crippen molar-refractivity contribution in [3.05, 3.63) is 16.4 Å². The zero-order valence-corrected chi connectivity index (χ0v) is 12.0. The Morgan fingerprint density at radius 2 is 2.16 bits per heavy atom. The van der Waals surface area contributed by atoms with Gasteiger partial charge >= 0.3 is 0 Å². The van der Waals surface area contributed by atoms with Crippen molar-refractivity contribution >= 4 is 23.4 Å². The Balaban J connectivity index is 2.29. The lowest BCUT2D eigenvalue weighted by molar-refractivity contribution is -0.146. The third kappa shape index (κ3) is 2.45. The number of amides is 2. The maximum Gasteiger partial charge on any atom is 0.243 e. The van der Waals surface area contributed by atoms with Crippen molar-refractivity contribution in [2.24, 2.45) is 7.05 Å². The fourth-order valence-electron chi connectivity index (χ4n) is 2.31. The quantitative estimate of drug-likeness (QED) is 0.885. The normalized spacial score (nSPS) is 19.8. The molecule has 0 spiro atoms. The van der Waals surface area contributed by atoms with Crippen LogP contribution in [0.5, 0.6) is 0 Å². The molecular formula is C12H17ClN4O2. The molecule has 0 saturated carbocycles. The molecule has 1 aromatic rings. The number of hydrogen-bond donors (Lipinski definition) is 1. The van der Waals surface area contributed by atoms with E-state index < -0.39 is 6.04 Å². The number of halogens is 1. The monoisotopic (exact) mass is 284 g/mol. The lowest BCUT2D eigenvalue weighted by atomic mass is 10.1. The van der Waals surface area contributed by atoms with Gasteiger partial charge in [0.25, 0.3) is 0 Å². The van der Waals surface area contributed by atoms with E-state index in [0.717, 1.165) is 11.4 Å². The predicted octanol–water partition coefficient (Wildman–Crippen LogP) is 0.619. The topological polar surface area (TPSA) is 67.2 Å². The third-order valence-electron chi connectivity index (χ3n) is 3.38. The van der Waals surface area contributed by atoms with E-state index in [2.05, 4.69) is 10.4 Å². The second-order valence-electron chi connectivity index (χ2n) is 4.63. The summed E-state index contributed by atoms with van der Waals surface area (Å²) in [6, 6.07) is -0.437. The molecule has 0 bridgehead atoms. The first-order valence-electron chi connectivity index (χ1n) is 6.20. The van der Waals surface area contributed by atoms with Gasteiger partial charge in [0.1, 0.15) is 6.04 Å². The van der Waals surface area contributed by atoms with Gasteiger partial charge in [-0.2, -0.15) is 5.10 Å². The highest BCUT2D eigenvalue weighted by Crippen LogP contribution is 2.23. The fourth-order valence-corrected chi connectivity index (χ4v) is 2.53. The van der Waals surface area contributed by atoms with Crippen LogP contribution in [0.25, 0.3) is 0 Å². The average molecular weight is 285 g/mol. The van der Waals surface area contributed by atoms with Crippen LogP contribution >= 0.6 is 11.6 Å². The van der Waals surface area contributed by atoms with Crippen LogP contribution in [0, 0.1) is 6.92 Å². The van der Waals surface area contributed by atoms with Gasteiger partial charge in [-0.25, -0.2) is 0 Å². The summed E-state index contributed by atoms with van der Waals surface area (Å²) < 4.78 is 1.66. The van der Waals surface area contributed by atoms with Gasteiger partial charge < -0.3 is 10.2 Å². The molecule has 104 valence electrons. The van der Waals surface area contributed by atoms with Gasteiger partial charge in [-0.1, -0.05) is 18.5 Å². The van der Waals surface area contributed by atoms with Gasteiger partial charge in [-0.15, -0.1) is 0 Å². The molecular weight excluding hydrogens is 268 g/mol. The zero-order chi connectivity index (χ0) is 14.2. The van der Waals surface area contributed by atoms with E-state index in [4.69, 9.17) is 11.6 Å². The van der Waals surface area contributed by atoms with Crippen LogP contribution < -0.4 is 5.32 Å². The van der Waals surface area contributed by atoms with E-state index in [-0.39, 0.29) is 18.4 Å². The Hall–Kier alpha value is -1.56. The number of nitrogens with one attached hydrogen (secondary N) is 1. The molecule has 0 aromatic carbocycles. The highest BCUT2D eigenvalue weighted by atomic mass is 35.5. The number of carbonyl (C=O) groups excluding carboxylic acids is 2. The first-order valence-corrected chi connectivity index (χ1v) is 6.58. The summed E-state index contributed by atoms with van der Waals surface area (Å²) in [5, 5.41) is 7.37. The molecule has 1 N–H and O–H groups in total. The second kappa shape index (κ2) is 5.21. The standard InChI is InChI=1S/C12H17ClN4O2/c1-4-8-12(19)14-5-10(18)17(8)6-9-11(13)7(2)15-16(9)3/h8H,4-6H2,1-3H3,(H,14,19). The number of rotatable bonds is 3. The Bertz CT molecular complexity index is 526. The predicted molar refractivity (Wildman–Crippen MR) is 70.6 cm³/mol. The molecule has 0 radical (unpaired) electrons. The van der Waals surface area contributed by atoms with Crippen molar-refractivity contribution < 1.29 is 9.59 Å². The molecule has 1 atom stereocenters. The van der Waals surface area contributed by atoms with Gasteiger partial charge in [0.15, 0.2) is 0 Å². The Morgan fingerprint density at radius 1 is 1.47 bits per heavy atom. The number of carbonyl (C=O) groups is 2. The van der Waals surface area contributed by atoms with Crippen molar-refractivity contribution in [3.63, 3.8) is 0 Å². The molecule has 1 saturated heterocycles. The molecule has 1 unspecified atom stereocenters. The summed E-state index contributed by atoms with van der Waals surface area (Å²) in [5.74, 6) is -0.210. The number of nitrogens with zero attached hydrogens (tertiary/aromatic N) is 3. The van der Waals surface area contributed by atoms with Gasteiger partial charge in [-0.05, 0) is 13.3 Å².